The molecule has 1 amide bonds. The molecule has 2 rings (SSSR count). The number of cyclic esters (lactones) is 1. The van der Waals surface area contributed by atoms with E-state index in [1.165, 1.54) is 0 Å². The smallest absolute Gasteiger partial charge is 0.408 e. The van der Waals surface area contributed by atoms with Crippen LogP contribution in [0.2, 0.25) is 0 Å². The Balaban J connectivity index is 2.38. The standard InChI is InChI=1S/C8H11NO4/c1-4(2)8-5(3-12-6(8)10)13-7(11)9-8/h4-5H,3H2,1-2H3,(H,9,11). The zero-order chi connectivity index (χ0) is 9.64. The molecule has 2 aliphatic rings. The van der Waals surface area contributed by atoms with Gasteiger partial charge in [-0.25, -0.2) is 9.59 Å². The van der Waals surface area contributed by atoms with E-state index in [1.54, 1.807) is 0 Å². The Morgan fingerprint density at radius 2 is 2.23 bits per heavy atom. The van der Waals surface area contributed by atoms with Crippen LogP contribution in [0.15, 0.2) is 0 Å². The van der Waals surface area contributed by atoms with Crippen molar-refractivity contribution in [2.45, 2.75) is 25.5 Å². The molecule has 5 heteroatoms. The highest BCUT2D eigenvalue weighted by atomic mass is 16.6. The van der Waals surface area contributed by atoms with Gasteiger partial charge >= 0.3 is 12.1 Å². The van der Waals surface area contributed by atoms with Crippen LogP contribution in [0, 0.1) is 5.92 Å². The SMILES string of the molecule is CC(C)C12NC(=O)OC1COC2=O. The van der Waals surface area contributed by atoms with Crippen molar-refractivity contribution >= 4 is 12.1 Å². The summed E-state index contributed by atoms with van der Waals surface area (Å²) in [6, 6.07) is 0. The van der Waals surface area contributed by atoms with E-state index in [4.69, 9.17) is 9.47 Å². The van der Waals surface area contributed by atoms with Gasteiger partial charge in [-0.1, -0.05) is 13.8 Å². The van der Waals surface area contributed by atoms with Crippen molar-refractivity contribution in [1.82, 2.24) is 5.32 Å². The summed E-state index contributed by atoms with van der Waals surface area (Å²) in [6.45, 7) is 3.87. The molecule has 0 aromatic carbocycles. The summed E-state index contributed by atoms with van der Waals surface area (Å²) >= 11 is 0. The largest absolute Gasteiger partial charge is 0.460 e. The van der Waals surface area contributed by atoms with Crippen LogP contribution >= 0.6 is 0 Å². The van der Waals surface area contributed by atoms with Crippen LogP contribution in [0.3, 0.4) is 0 Å². The molecule has 0 aromatic heterocycles. The lowest BCUT2D eigenvalue weighted by Crippen LogP contribution is -2.55. The van der Waals surface area contributed by atoms with Crippen LogP contribution in [-0.4, -0.2) is 30.3 Å². The Bertz CT molecular complexity index is 275. The van der Waals surface area contributed by atoms with E-state index < -0.39 is 23.7 Å². The molecule has 72 valence electrons. The van der Waals surface area contributed by atoms with Gasteiger partial charge in [0.2, 0.25) is 0 Å². The van der Waals surface area contributed by atoms with E-state index in [9.17, 15) is 9.59 Å². The van der Waals surface area contributed by atoms with Crippen LogP contribution in [0.5, 0.6) is 0 Å². The summed E-state index contributed by atoms with van der Waals surface area (Å²) in [7, 11) is 0. The number of carbonyl (C=O) groups excluding carboxylic acids is 2. The fourth-order valence-electron chi connectivity index (χ4n) is 1.87. The fraction of sp³-hybridized carbons (Fsp3) is 0.750. The Kier molecular flexibility index (Phi) is 1.52. The highest BCUT2D eigenvalue weighted by molar-refractivity contribution is 5.91. The first-order chi connectivity index (χ1) is 6.07. The lowest BCUT2D eigenvalue weighted by molar-refractivity contribution is -0.144. The highest BCUT2D eigenvalue weighted by Crippen LogP contribution is 2.34. The van der Waals surface area contributed by atoms with Gasteiger partial charge in [-0.3, -0.25) is 0 Å². The lowest BCUT2D eigenvalue weighted by Gasteiger charge is -2.25. The Hall–Kier alpha value is -1.26. The number of amides is 1. The quantitative estimate of drug-likeness (QED) is 0.586. The fourth-order valence-corrected chi connectivity index (χ4v) is 1.87. The minimum absolute atomic E-state index is 0.0288. The number of fused-ring (bicyclic) bond motifs is 1. The van der Waals surface area contributed by atoms with E-state index >= 15 is 0 Å². The average Bonchev–Trinajstić information content (AvgIpc) is 2.50. The predicted octanol–water partition coefficient (Wildman–Crippen LogP) is 0.0464. The monoisotopic (exact) mass is 185 g/mol. The summed E-state index contributed by atoms with van der Waals surface area (Å²) < 4.78 is 9.78. The van der Waals surface area contributed by atoms with Crippen molar-refractivity contribution in [3.05, 3.63) is 0 Å². The Labute approximate surface area is 75.4 Å². The third-order valence-corrected chi connectivity index (χ3v) is 2.68. The predicted molar refractivity (Wildman–Crippen MR) is 41.9 cm³/mol. The van der Waals surface area contributed by atoms with Gasteiger partial charge in [0, 0.05) is 0 Å². The maximum absolute atomic E-state index is 11.4. The minimum atomic E-state index is -0.947. The molecular formula is C8H11NO4. The second-order valence-electron chi connectivity index (χ2n) is 3.64. The number of hydrogen-bond acceptors (Lipinski definition) is 4. The van der Waals surface area contributed by atoms with Crippen molar-refractivity contribution in [2.24, 2.45) is 5.92 Å². The summed E-state index contributed by atoms with van der Waals surface area (Å²) in [5.74, 6) is -0.419. The van der Waals surface area contributed by atoms with Gasteiger partial charge in [0.05, 0.1) is 0 Å². The van der Waals surface area contributed by atoms with Gasteiger partial charge in [0.15, 0.2) is 11.6 Å². The van der Waals surface area contributed by atoms with Gasteiger partial charge in [0.1, 0.15) is 6.61 Å². The number of alkyl carbamates (subject to hydrolysis) is 1. The normalized spacial score (nSPS) is 37.0. The van der Waals surface area contributed by atoms with Crippen LogP contribution in [0.25, 0.3) is 0 Å². The molecule has 2 unspecified atom stereocenters. The van der Waals surface area contributed by atoms with Gasteiger partial charge < -0.3 is 14.8 Å². The number of rotatable bonds is 1. The van der Waals surface area contributed by atoms with Crippen LogP contribution in [0.4, 0.5) is 4.79 Å². The second-order valence-corrected chi connectivity index (χ2v) is 3.64. The molecule has 0 spiro atoms. The first-order valence-electron chi connectivity index (χ1n) is 4.23. The van der Waals surface area contributed by atoms with Gasteiger partial charge in [-0.2, -0.15) is 0 Å². The van der Waals surface area contributed by atoms with E-state index in [2.05, 4.69) is 5.32 Å². The molecule has 2 atom stereocenters. The van der Waals surface area contributed by atoms with Gasteiger partial charge in [0.25, 0.3) is 0 Å². The van der Waals surface area contributed by atoms with E-state index in [0.717, 1.165) is 0 Å². The number of nitrogens with one attached hydrogen (secondary N) is 1. The molecule has 0 radical (unpaired) electrons. The van der Waals surface area contributed by atoms with Crippen LogP contribution in [-0.2, 0) is 14.3 Å². The number of ether oxygens (including phenoxy) is 2. The van der Waals surface area contributed by atoms with Crippen molar-refractivity contribution in [3.63, 3.8) is 0 Å². The molecule has 0 aromatic rings. The minimum Gasteiger partial charge on any atom is -0.460 e. The third kappa shape index (κ3) is 0.868. The van der Waals surface area contributed by atoms with Gasteiger partial charge in [-0.15, -0.1) is 0 Å². The lowest BCUT2D eigenvalue weighted by atomic mass is 9.84. The number of esters is 1. The number of hydrogen-bond donors (Lipinski definition) is 1. The molecular weight excluding hydrogens is 174 g/mol. The first kappa shape index (κ1) is 8.34. The maximum atomic E-state index is 11.4. The van der Waals surface area contributed by atoms with Crippen molar-refractivity contribution < 1.29 is 19.1 Å². The highest BCUT2D eigenvalue weighted by Gasteiger charge is 2.62. The molecule has 2 aliphatic heterocycles. The van der Waals surface area contributed by atoms with Crippen molar-refractivity contribution in [3.8, 4) is 0 Å². The first-order valence-corrected chi connectivity index (χ1v) is 4.23. The molecule has 0 aliphatic carbocycles. The zero-order valence-electron chi connectivity index (χ0n) is 7.49. The molecule has 2 heterocycles. The Morgan fingerprint density at radius 1 is 1.54 bits per heavy atom. The van der Waals surface area contributed by atoms with E-state index in [0.29, 0.717) is 0 Å². The van der Waals surface area contributed by atoms with Gasteiger partial charge in [-0.05, 0) is 5.92 Å². The Morgan fingerprint density at radius 3 is 2.77 bits per heavy atom. The third-order valence-electron chi connectivity index (χ3n) is 2.68. The molecule has 2 saturated heterocycles. The molecule has 1 N–H and O–H groups in total. The van der Waals surface area contributed by atoms with E-state index in [1.807, 2.05) is 13.8 Å². The number of carbonyl (C=O) groups is 2. The molecule has 5 nitrogen and oxygen atoms in total. The molecule has 2 fully saturated rings. The molecule has 0 bridgehead atoms. The summed E-state index contributed by atoms with van der Waals surface area (Å²) in [4.78, 5) is 22.4. The van der Waals surface area contributed by atoms with Crippen molar-refractivity contribution in [1.29, 1.82) is 0 Å². The summed E-state index contributed by atoms with van der Waals surface area (Å²) in [5, 5.41) is 2.54. The zero-order valence-corrected chi connectivity index (χ0v) is 7.49. The van der Waals surface area contributed by atoms with Crippen LogP contribution in [0.1, 0.15) is 13.8 Å². The van der Waals surface area contributed by atoms with E-state index in [-0.39, 0.29) is 12.5 Å². The second kappa shape index (κ2) is 2.37. The average molecular weight is 185 g/mol. The van der Waals surface area contributed by atoms with Crippen LogP contribution < -0.4 is 5.32 Å². The topological polar surface area (TPSA) is 64.6 Å². The summed E-state index contributed by atoms with van der Waals surface area (Å²) in [6.07, 6.45) is -0.997. The van der Waals surface area contributed by atoms with Crippen molar-refractivity contribution in [2.75, 3.05) is 6.61 Å². The maximum Gasteiger partial charge on any atom is 0.408 e. The summed E-state index contributed by atoms with van der Waals surface area (Å²) in [5.41, 5.74) is -0.947. The molecule has 0 saturated carbocycles. The molecule has 13 heavy (non-hydrogen) atoms.